The lowest BCUT2D eigenvalue weighted by atomic mass is 9.53. The molecule has 3 unspecified atom stereocenters. The molecule has 2 N–H and O–H groups in total. The molecule has 1 aliphatic carbocycles. The van der Waals surface area contributed by atoms with Crippen molar-refractivity contribution in [2.24, 2.45) is 5.92 Å². The van der Waals surface area contributed by atoms with Gasteiger partial charge in [0.05, 0.1) is 11.0 Å². The van der Waals surface area contributed by atoms with E-state index in [4.69, 9.17) is 4.74 Å². The van der Waals surface area contributed by atoms with Crippen molar-refractivity contribution in [1.82, 2.24) is 0 Å². The lowest BCUT2D eigenvalue weighted by Crippen LogP contribution is -2.65. The van der Waals surface area contributed by atoms with Crippen LogP contribution in [0.1, 0.15) is 57.6 Å². The van der Waals surface area contributed by atoms with Crippen LogP contribution in [0.5, 0.6) is 11.5 Å². The topological polar surface area (TPSA) is 66.8 Å². The van der Waals surface area contributed by atoms with Crippen LogP contribution in [-0.4, -0.2) is 27.7 Å². The number of ketones is 1. The molecule has 0 spiro atoms. The molecule has 1 saturated carbocycles. The van der Waals surface area contributed by atoms with Crippen LogP contribution < -0.4 is 4.74 Å². The largest absolute Gasteiger partial charge is 0.504 e. The van der Waals surface area contributed by atoms with E-state index in [1.54, 1.807) is 6.07 Å². The van der Waals surface area contributed by atoms with Crippen molar-refractivity contribution >= 4 is 5.78 Å². The zero-order chi connectivity index (χ0) is 17.0. The summed E-state index contributed by atoms with van der Waals surface area (Å²) >= 11 is 0. The summed E-state index contributed by atoms with van der Waals surface area (Å²) in [5.41, 5.74) is -0.00875. The van der Waals surface area contributed by atoms with Gasteiger partial charge in [0, 0.05) is 12.0 Å². The number of phenolic OH excluding ortho intramolecular Hbond substituents is 1. The highest BCUT2D eigenvalue weighted by Crippen LogP contribution is 2.61. The number of phenols is 1. The Hall–Kier alpha value is -1.55. The summed E-state index contributed by atoms with van der Waals surface area (Å²) in [5, 5.41) is 21.9. The van der Waals surface area contributed by atoms with Crippen molar-refractivity contribution in [3.05, 3.63) is 23.3 Å². The number of ether oxygens (including phenoxy) is 1. The maximum Gasteiger partial charge on any atom is 0.174 e. The molecular weight excluding hydrogens is 292 g/mol. The molecule has 1 aliphatic heterocycles. The van der Waals surface area contributed by atoms with Crippen molar-refractivity contribution < 1.29 is 19.7 Å². The van der Waals surface area contributed by atoms with Crippen molar-refractivity contribution in [3.63, 3.8) is 0 Å². The first-order valence-corrected chi connectivity index (χ1v) is 8.54. The fourth-order valence-corrected chi connectivity index (χ4v) is 4.82. The number of benzene rings is 1. The molecule has 1 aromatic rings. The molecule has 0 aromatic heterocycles. The molecule has 3 rings (SSSR count). The number of hydrogen-bond donors (Lipinski definition) is 2. The van der Waals surface area contributed by atoms with Crippen LogP contribution in [0.25, 0.3) is 0 Å². The smallest absolute Gasteiger partial charge is 0.174 e. The third-order valence-electron chi connectivity index (χ3n) is 5.89. The van der Waals surface area contributed by atoms with Gasteiger partial charge in [0.1, 0.15) is 0 Å². The standard InChI is InChI=1S/C19H26O4/c1-5-9-18-15-12(4)6-7-13(20)16(15)23-17(18)14(21)8-10-19(18,22)11(2)3/h6-7,11,17,20,22H,5,8-10H2,1-4H3. The highest BCUT2D eigenvalue weighted by atomic mass is 16.5. The maximum atomic E-state index is 12.6. The Bertz CT molecular complexity index is 651. The van der Waals surface area contributed by atoms with Crippen molar-refractivity contribution in [2.45, 2.75) is 70.5 Å². The first kappa shape index (κ1) is 16.3. The summed E-state index contributed by atoms with van der Waals surface area (Å²) in [4.78, 5) is 12.6. The van der Waals surface area contributed by atoms with Crippen LogP contribution in [0.2, 0.25) is 0 Å². The molecule has 23 heavy (non-hydrogen) atoms. The van der Waals surface area contributed by atoms with E-state index in [0.717, 1.165) is 17.5 Å². The lowest BCUT2D eigenvalue weighted by molar-refractivity contribution is -0.160. The number of aromatic hydroxyl groups is 1. The third-order valence-corrected chi connectivity index (χ3v) is 5.89. The Balaban J connectivity index is 2.35. The molecule has 1 heterocycles. The van der Waals surface area contributed by atoms with E-state index < -0.39 is 17.1 Å². The van der Waals surface area contributed by atoms with E-state index >= 15 is 0 Å². The van der Waals surface area contributed by atoms with Gasteiger partial charge in [0.15, 0.2) is 23.4 Å². The fourth-order valence-electron chi connectivity index (χ4n) is 4.82. The Kier molecular flexibility index (Phi) is 3.71. The predicted molar refractivity (Wildman–Crippen MR) is 87.9 cm³/mol. The Morgan fingerprint density at radius 3 is 2.70 bits per heavy atom. The van der Waals surface area contributed by atoms with Gasteiger partial charge in [-0.15, -0.1) is 0 Å². The van der Waals surface area contributed by atoms with Crippen LogP contribution >= 0.6 is 0 Å². The second-order valence-corrected chi connectivity index (χ2v) is 7.37. The average molecular weight is 318 g/mol. The van der Waals surface area contributed by atoms with E-state index in [-0.39, 0.29) is 17.5 Å². The van der Waals surface area contributed by atoms with Gasteiger partial charge < -0.3 is 14.9 Å². The number of aliphatic hydroxyl groups is 1. The molecule has 3 atom stereocenters. The minimum absolute atomic E-state index is 0.0130. The molecule has 0 amide bonds. The molecule has 0 saturated heterocycles. The van der Waals surface area contributed by atoms with Gasteiger partial charge in [-0.2, -0.15) is 0 Å². The molecule has 1 fully saturated rings. The zero-order valence-corrected chi connectivity index (χ0v) is 14.3. The second-order valence-electron chi connectivity index (χ2n) is 7.37. The Morgan fingerprint density at radius 2 is 2.09 bits per heavy atom. The molecule has 0 radical (unpaired) electrons. The molecule has 126 valence electrons. The lowest BCUT2D eigenvalue weighted by Gasteiger charge is -2.53. The number of Topliss-reactive ketones (excluding diaryl/α,β-unsaturated/α-hetero) is 1. The second kappa shape index (κ2) is 5.23. The van der Waals surface area contributed by atoms with Gasteiger partial charge in [-0.05, 0) is 37.3 Å². The SMILES string of the molecule is CCCC12c3c(C)ccc(O)c3OC1C(=O)CCC2(O)C(C)C. The summed E-state index contributed by atoms with van der Waals surface area (Å²) in [7, 11) is 0. The molecule has 2 aliphatic rings. The van der Waals surface area contributed by atoms with Gasteiger partial charge in [-0.1, -0.05) is 33.3 Å². The molecular formula is C19H26O4. The highest BCUT2D eigenvalue weighted by molar-refractivity contribution is 5.89. The number of hydrogen-bond acceptors (Lipinski definition) is 4. The first-order valence-electron chi connectivity index (χ1n) is 8.54. The van der Waals surface area contributed by atoms with Crippen molar-refractivity contribution in [1.29, 1.82) is 0 Å². The fraction of sp³-hybridized carbons (Fsp3) is 0.632. The Morgan fingerprint density at radius 1 is 1.39 bits per heavy atom. The zero-order valence-electron chi connectivity index (χ0n) is 14.3. The van der Waals surface area contributed by atoms with Crippen molar-refractivity contribution in [3.8, 4) is 11.5 Å². The normalized spacial score (nSPS) is 32.6. The maximum absolute atomic E-state index is 12.6. The Labute approximate surface area is 137 Å². The monoisotopic (exact) mass is 318 g/mol. The van der Waals surface area contributed by atoms with E-state index in [9.17, 15) is 15.0 Å². The summed E-state index contributed by atoms with van der Waals surface area (Å²) in [5.74, 6) is 0.451. The van der Waals surface area contributed by atoms with E-state index in [1.807, 2.05) is 26.8 Å². The van der Waals surface area contributed by atoms with Crippen LogP contribution in [0.3, 0.4) is 0 Å². The molecule has 4 nitrogen and oxygen atoms in total. The van der Waals surface area contributed by atoms with Crippen LogP contribution in [0.15, 0.2) is 12.1 Å². The average Bonchev–Trinajstić information content (AvgIpc) is 2.86. The van der Waals surface area contributed by atoms with E-state index in [1.165, 1.54) is 0 Å². The molecule has 1 aromatic carbocycles. The van der Waals surface area contributed by atoms with Gasteiger partial charge >= 0.3 is 0 Å². The number of fused-ring (bicyclic) bond motifs is 3. The third kappa shape index (κ3) is 1.90. The number of carbonyl (C=O) groups is 1. The van der Waals surface area contributed by atoms with Gasteiger partial charge in [-0.25, -0.2) is 0 Å². The minimum Gasteiger partial charge on any atom is -0.504 e. The minimum atomic E-state index is -1.02. The van der Waals surface area contributed by atoms with Crippen LogP contribution in [0, 0.1) is 12.8 Å². The quantitative estimate of drug-likeness (QED) is 0.898. The van der Waals surface area contributed by atoms with Crippen LogP contribution in [0.4, 0.5) is 0 Å². The number of rotatable bonds is 3. The van der Waals surface area contributed by atoms with E-state index in [0.29, 0.717) is 25.0 Å². The first-order chi connectivity index (χ1) is 10.8. The molecule has 0 bridgehead atoms. The van der Waals surface area contributed by atoms with Crippen LogP contribution in [-0.2, 0) is 10.2 Å². The number of carbonyl (C=O) groups excluding carboxylic acids is 1. The number of aryl methyl sites for hydroxylation is 1. The summed E-state index contributed by atoms with van der Waals surface area (Å²) in [6.07, 6.45) is 1.55. The summed E-state index contributed by atoms with van der Waals surface area (Å²) in [6.45, 7) is 8.02. The highest BCUT2D eigenvalue weighted by Gasteiger charge is 2.67. The summed E-state index contributed by atoms with van der Waals surface area (Å²) < 4.78 is 5.98. The van der Waals surface area contributed by atoms with Gasteiger partial charge in [-0.3, -0.25) is 4.79 Å². The van der Waals surface area contributed by atoms with Gasteiger partial charge in [0.25, 0.3) is 0 Å². The summed E-state index contributed by atoms with van der Waals surface area (Å²) in [6, 6.07) is 3.45. The van der Waals surface area contributed by atoms with Gasteiger partial charge in [0.2, 0.25) is 0 Å². The van der Waals surface area contributed by atoms with E-state index in [2.05, 4.69) is 6.92 Å². The van der Waals surface area contributed by atoms with Crippen molar-refractivity contribution in [2.75, 3.05) is 0 Å². The predicted octanol–water partition coefficient (Wildman–Crippen LogP) is 3.25. The molecule has 4 heteroatoms.